The number of piperazine rings is 1. The molecule has 1 aromatic rings. The standard InChI is InChI=1S/C25H24N2O8/c1-4-34-23-13(2)21(30)20-16(22(23)31)10-17-24(32)26(14(3)28)11-19(29)27(17)18(20)12-35-25(33)15-8-6-5-7-9-15/h5-9,17-18H,4,10-12H2,1-3H3/t17-,18-/m1/s1. The fraction of sp³-hybridized carbons (Fsp3) is 0.360. The molecule has 1 fully saturated rings. The summed E-state index contributed by atoms with van der Waals surface area (Å²) < 4.78 is 10.9. The second-order valence-electron chi connectivity index (χ2n) is 8.38. The largest absolute Gasteiger partial charge is 0.489 e. The Kier molecular flexibility index (Phi) is 6.38. The number of ketones is 2. The van der Waals surface area contributed by atoms with E-state index in [1.807, 2.05) is 0 Å². The second-order valence-corrected chi connectivity index (χ2v) is 8.38. The third-order valence-corrected chi connectivity index (χ3v) is 6.32. The molecule has 4 rings (SSSR count). The van der Waals surface area contributed by atoms with Crippen LogP contribution in [0.25, 0.3) is 0 Å². The fourth-order valence-electron chi connectivity index (χ4n) is 4.66. The maximum atomic E-state index is 13.4. The number of allylic oxidation sites excluding steroid dienone is 2. The first kappa shape index (κ1) is 24.1. The molecule has 10 nitrogen and oxygen atoms in total. The molecule has 10 heteroatoms. The SMILES string of the molecule is CCOC1=C(C)C(=O)C2=C(C[C@@H]3C(=O)N(C(C)=O)CC(=O)N3[C@@H]2COC(=O)c2ccccc2)C1=O. The number of amides is 3. The molecule has 3 aliphatic rings. The summed E-state index contributed by atoms with van der Waals surface area (Å²) in [5.41, 5.74) is 0.372. The molecule has 35 heavy (non-hydrogen) atoms. The molecule has 0 unspecified atom stereocenters. The summed E-state index contributed by atoms with van der Waals surface area (Å²) in [5.74, 6) is -3.72. The summed E-state index contributed by atoms with van der Waals surface area (Å²) in [6, 6.07) is 5.78. The highest BCUT2D eigenvalue weighted by Gasteiger charge is 2.53. The van der Waals surface area contributed by atoms with Gasteiger partial charge in [-0.15, -0.1) is 0 Å². The maximum Gasteiger partial charge on any atom is 0.338 e. The van der Waals surface area contributed by atoms with E-state index in [-0.39, 0.29) is 41.1 Å². The van der Waals surface area contributed by atoms with Crippen molar-refractivity contribution in [2.24, 2.45) is 0 Å². The fourth-order valence-corrected chi connectivity index (χ4v) is 4.66. The van der Waals surface area contributed by atoms with Gasteiger partial charge in [-0.05, 0) is 26.0 Å². The zero-order chi connectivity index (χ0) is 25.4. The predicted octanol–water partition coefficient (Wildman–Crippen LogP) is 0.961. The maximum absolute atomic E-state index is 13.4. The van der Waals surface area contributed by atoms with Gasteiger partial charge in [-0.1, -0.05) is 18.2 Å². The van der Waals surface area contributed by atoms with Gasteiger partial charge in [0.1, 0.15) is 19.2 Å². The molecule has 0 spiro atoms. The molecule has 2 heterocycles. The molecule has 1 aromatic carbocycles. The summed E-state index contributed by atoms with van der Waals surface area (Å²) in [6.07, 6.45) is -0.249. The lowest BCUT2D eigenvalue weighted by molar-refractivity contribution is -0.164. The molecule has 0 bridgehead atoms. The van der Waals surface area contributed by atoms with Crippen LogP contribution in [0.2, 0.25) is 0 Å². The number of Topliss-reactive ketones (excluding diaryl/α,β-unsaturated/α-hetero) is 2. The summed E-state index contributed by atoms with van der Waals surface area (Å²) in [6.45, 7) is 3.49. The topological polar surface area (TPSA) is 127 Å². The van der Waals surface area contributed by atoms with Crippen molar-refractivity contribution in [1.29, 1.82) is 0 Å². The van der Waals surface area contributed by atoms with Gasteiger partial charge in [-0.25, -0.2) is 4.79 Å². The van der Waals surface area contributed by atoms with Crippen LogP contribution in [-0.4, -0.2) is 76.9 Å². The number of benzene rings is 1. The van der Waals surface area contributed by atoms with Gasteiger partial charge in [0, 0.05) is 30.1 Å². The van der Waals surface area contributed by atoms with Crippen LogP contribution in [0.1, 0.15) is 37.6 Å². The highest BCUT2D eigenvalue weighted by Crippen LogP contribution is 2.39. The Hall–Kier alpha value is -4.08. The number of imide groups is 1. The number of esters is 1. The van der Waals surface area contributed by atoms with Crippen molar-refractivity contribution in [2.75, 3.05) is 19.8 Å². The molecule has 182 valence electrons. The van der Waals surface area contributed by atoms with Crippen molar-refractivity contribution >= 4 is 35.3 Å². The molecule has 0 radical (unpaired) electrons. The van der Waals surface area contributed by atoms with Gasteiger partial charge in [0.25, 0.3) is 5.91 Å². The molecule has 1 saturated heterocycles. The first-order chi connectivity index (χ1) is 16.7. The van der Waals surface area contributed by atoms with E-state index in [1.165, 1.54) is 18.7 Å². The Morgan fingerprint density at radius 2 is 1.74 bits per heavy atom. The summed E-state index contributed by atoms with van der Waals surface area (Å²) in [7, 11) is 0. The Bertz CT molecular complexity index is 1210. The van der Waals surface area contributed by atoms with Gasteiger partial charge in [0.15, 0.2) is 11.5 Å². The highest BCUT2D eigenvalue weighted by molar-refractivity contribution is 6.25. The van der Waals surface area contributed by atoms with Gasteiger partial charge in [0.2, 0.25) is 17.6 Å². The number of hydrogen-bond donors (Lipinski definition) is 0. The Morgan fingerprint density at radius 1 is 1.06 bits per heavy atom. The number of nitrogens with zero attached hydrogens (tertiary/aromatic N) is 2. The highest BCUT2D eigenvalue weighted by atomic mass is 16.5. The van der Waals surface area contributed by atoms with Crippen LogP contribution in [-0.2, 0) is 33.4 Å². The van der Waals surface area contributed by atoms with Gasteiger partial charge in [-0.3, -0.25) is 28.9 Å². The van der Waals surface area contributed by atoms with Gasteiger partial charge >= 0.3 is 5.97 Å². The summed E-state index contributed by atoms with van der Waals surface area (Å²) in [4.78, 5) is 79.5. The lowest BCUT2D eigenvalue weighted by Gasteiger charge is -2.47. The number of hydrogen-bond acceptors (Lipinski definition) is 8. The average molecular weight is 480 g/mol. The summed E-state index contributed by atoms with van der Waals surface area (Å²) >= 11 is 0. The van der Waals surface area contributed by atoms with E-state index >= 15 is 0 Å². The van der Waals surface area contributed by atoms with Gasteiger partial charge < -0.3 is 14.4 Å². The van der Waals surface area contributed by atoms with E-state index < -0.39 is 60.5 Å². The van der Waals surface area contributed by atoms with Crippen LogP contribution >= 0.6 is 0 Å². The molecule has 0 N–H and O–H groups in total. The van der Waals surface area contributed by atoms with Crippen LogP contribution in [0.5, 0.6) is 0 Å². The number of ether oxygens (including phenoxy) is 2. The lowest BCUT2D eigenvalue weighted by atomic mass is 9.77. The molecule has 0 aromatic heterocycles. The van der Waals surface area contributed by atoms with E-state index in [9.17, 15) is 28.8 Å². The third kappa shape index (κ3) is 4.05. The molecular formula is C25H24N2O8. The van der Waals surface area contributed by atoms with Gasteiger partial charge in [0.05, 0.1) is 18.2 Å². The smallest absolute Gasteiger partial charge is 0.338 e. The number of carbonyl (C=O) groups is 6. The Morgan fingerprint density at radius 3 is 2.37 bits per heavy atom. The van der Waals surface area contributed by atoms with Crippen molar-refractivity contribution in [3.63, 3.8) is 0 Å². The quantitative estimate of drug-likeness (QED) is 0.450. The Labute approximate surface area is 201 Å². The van der Waals surface area contributed by atoms with E-state index in [1.54, 1.807) is 37.3 Å². The minimum atomic E-state index is -1.20. The summed E-state index contributed by atoms with van der Waals surface area (Å²) in [5, 5.41) is 0. The molecule has 2 aliphatic heterocycles. The normalized spacial score (nSPS) is 22.3. The second kappa shape index (κ2) is 9.28. The van der Waals surface area contributed by atoms with Crippen LogP contribution in [0.15, 0.2) is 52.8 Å². The minimum Gasteiger partial charge on any atom is -0.489 e. The average Bonchev–Trinajstić information content (AvgIpc) is 2.85. The molecule has 0 saturated carbocycles. The number of fused-ring (bicyclic) bond motifs is 1. The number of rotatable bonds is 5. The molecule has 3 amide bonds. The van der Waals surface area contributed by atoms with Crippen molar-refractivity contribution in [3.05, 3.63) is 58.4 Å². The van der Waals surface area contributed by atoms with Crippen LogP contribution in [0.4, 0.5) is 0 Å². The van der Waals surface area contributed by atoms with Crippen LogP contribution in [0, 0.1) is 0 Å². The first-order valence-corrected chi connectivity index (χ1v) is 11.2. The van der Waals surface area contributed by atoms with Gasteiger partial charge in [-0.2, -0.15) is 0 Å². The van der Waals surface area contributed by atoms with Crippen molar-refractivity contribution < 1.29 is 38.2 Å². The third-order valence-electron chi connectivity index (χ3n) is 6.32. The lowest BCUT2D eigenvalue weighted by Crippen LogP contribution is -2.67. The molecule has 2 atom stereocenters. The van der Waals surface area contributed by atoms with E-state index in [2.05, 4.69) is 0 Å². The molecule has 1 aliphatic carbocycles. The van der Waals surface area contributed by atoms with Crippen molar-refractivity contribution in [2.45, 2.75) is 39.3 Å². The molecular weight excluding hydrogens is 456 g/mol. The van der Waals surface area contributed by atoms with Crippen molar-refractivity contribution in [3.8, 4) is 0 Å². The minimum absolute atomic E-state index is 0.00508. The van der Waals surface area contributed by atoms with E-state index in [0.29, 0.717) is 0 Å². The predicted molar refractivity (Wildman–Crippen MR) is 120 cm³/mol. The number of carbonyl (C=O) groups excluding carboxylic acids is 6. The zero-order valence-corrected chi connectivity index (χ0v) is 19.5. The Balaban J connectivity index is 1.76. The zero-order valence-electron chi connectivity index (χ0n) is 19.5. The van der Waals surface area contributed by atoms with Crippen molar-refractivity contribution in [1.82, 2.24) is 9.80 Å². The van der Waals surface area contributed by atoms with E-state index in [4.69, 9.17) is 9.47 Å². The van der Waals surface area contributed by atoms with E-state index in [0.717, 1.165) is 4.90 Å². The van der Waals surface area contributed by atoms with Crippen LogP contribution < -0.4 is 0 Å². The van der Waals surface area contributed by atoms with Crippen LogP contribution in [0.3, 0.4) is 0 Å². The first-order valence-electron chi connectivity index (χ1n) is 11.2. The monoisotopic (exact) mass is 480 g/mol.